The lowest BCUT2D eigenvalue weighted by Gasteiger charge is -2.30. The Labute approximate surface area is 86.7 Å². The van der Waals surface area contributed by atoms with E-state index < -0.39 is 0 Å². The molecular weight excluding hydrogens is 172 g/mol. The summed E-state index contributed by atoms with van der Waals surface area (Å²) in [4.78, 5) is 0. The molecule has 2 heteroatoms. The summed E-state index contributed by atoms with van der Waals surface area (Å²) in [6.45, 7) is 2.23. The summed E-state index contributed by atoms with van der Waals surface area (Å²) in [5.74, 6) is 1.69. The number of nitriles is 1. The Morgan fingerprint density at radius 3 is 2.36 bits per heavy atom. The maximum Gasteiger partial charge on any atom is 0.0662 e. The van der Waals surface area contributed by atoms with Gasteiger partial charge in [0.05, 0.1) is 12.0 Å². The average molecular weight is 192 g/mol. The van der Waals surface area contributed by atoms with Gasteiger partial charge >= 0.3 is 0 Å². The quantitative estimate of drug-likeness (QED) is 0.728. The molecule has 0 spiro atoms. The first-order valence-corrected chi connectivity index (χ1v) is 6.02. The summed E-state index contributed by atoms with van der Waals surface area (Å²) in [6.07, 6.45) is 7.83. The van der Waals surface area contributed by atoms with Crippen LogP contribution in [-0.2, 0) is 0 Å². The molecule has 1 N–H and O–H groups in total. The average Bonchev–Trinajstić information content (AvgIpc) is 2.74. The van der Waals surface area contributed by atoms with E-state index in [1.165, 1.54) is 38.5 Å². The molecule has 1 aliphatic carbocycles. The molecule has 2 unspecified atom stereocenters. The first kappa shape index (κ1) is 9.98. The molecule has 0 radical (unpaired) electrons. The van der Waals surface area contributed by atoms with Crippen LogP contribution in [0.4, 0.5) is 0 Å². The Morgan fingerprint density at radius 2 is 1.79 bits per heavy atom. The van der Waals surface area contributed by atoms with Crippen molar-refractivity contribution in [2.75, 3.05) is 13.1 Å². The molecule has 0 aromatic heterocycles. The molecule has 14 heavy (non-hydrogen) atoms. The van der Waals surface area contributed by atoms with Gasteiger partial charge in [-0.2, -0.15) is 5.26 Å². The van der Waals surface area contributed by atoms with Crippen LogP contribution >= 0.6 is 0 Å². The van der Waals surface area contributed by atoms with Gasteiger partial charge in [-0.15, -0.1) is 0 Å². The van der Waals surface area contributed by atoms with Gasteiger partial charge < -0.3 is 5.32 Å². The minimum Gasteiger partial charge on any atom is -0.316 e. The van der Waals surface area contributed by atoms with Crippen molar-refractivity contribution in [1.82, 2.24) is 5.32 Å². The van der Waals surface area contributed by atoms with Gasteiger partial charge in [-0.3, -0.25) is 0 Å². The third-order valence-electron chi connectivity index (χ3n) is 3.90. The van der Waals surface area contributed by atoms with Crippen molar-refractivity contribution in [2.45, 2.75) is 38.5 Å². The molecule has 2 fully saturated rings. The maximum atomic E-state index is 9.26. The summed E-state index contributed by atoms with van der Waals surface area (Å²) >= 11 is 0. The summed E-state index contributed by atoms with van der Waals surface area (Å²) < 4.78 is 0. The molecule has 1 aliphatic heterocycles. The van der Waals surface area contributed by atoms with Crippen molar-refractivity contribution in [2.24, 2.45) is 17.8 Å². The highest BCUT2D eigenvalue weighted by Crippen LogP contribution is 2.36. The van der Waals surface area contributed by atoms with E-state index in [9.17, 15) is 5.26 Å². The van der Waals surface area contributed by atoms with Crippen LogP contribution in [-0.4, -0.2) is 13.1 Å². The zero-order valence-electron chi connectivity index (χ0n) is 8.84. The third-order valence-corrected chi connectivity index (χ3v) is 3.90. The van der Waals surface area contributed by atoms with Gasteiger partial charge in [0.2, 0.25) is 0 Å². The molecular formula is C12H20N2. The van der Waals surface area contributed by atoms with Gasteiger partial charge in [-0.25, -0.2) is 0 Å². The van der Waals surface area contributed by atoms with E-state index in [1.54, 1.807) is 0 Å². The molecule has 78 valence electrons. The first-order chi connectivity index (χ1) is 6.92. The van der Waals surface area contributed by atoms with Gasteiger partial charge in [0.25, 0.3) is 0 Å². The Kier molecular flexibility index (Phi) is 3.42. The van der Waals surface area contributed by atoms with Crippen LogP contribution in [0.2, 0.25) is 0 Å². The topological polar surface area (TPSA) is 35.8 Å². The Hall–Kier alpha value is -0.550. The molecule has 2 rings (SSSR count). The number of hydrogen-bond acceptors (Lipinski definition) is 2. The fraction of sp³-hybridized carbons (Fsp3) is 0.917. The van der Waals surface area contributed by atoms with Crippen LogP contribution in [0.25, 0.3) is 0 Å². The summed E-state index contributed by atoms with van der Waals surface area (Å²) in [5, 5.41) is 12.7. The molecule has 2 aliphatic rings. The predicted octanol–water partition coefficient (Wildman–Crippen LogP) is 2.32. The highest BCUT2D eigenvalue weighted by Gasteiger charge is 2.32. The molecule has 0 amide bonds. The standard InChI is InChI=1S/C12H20N2/c13-8-12(10-4-1-2-5-10)11-6-3-7-14-9-11/h10-12,14H,1-7,9H2. The van der Waals surface area contributed by atoms with E-state index in [0.29, 0.717) is 17.8 Å². The maximum absolute atomic E-state index is 9.26. The second-order valence-electron chi connectivity index (χ2n) is 4.81. The second-order valence-corrected chi connectivity index (χ2v) is 4.81. The fourth-order valence-electron chi connectivity index (χ4n) is 3.10. The summed E-state index contributed by atoms with van der Waals surface area (Å²) in [6, 6.07) is 2.57. The molecule has 1 saturated carbocycles. The third kappa shape index (κ3) is 2.09. The SMILES string of the molecule is N#CC(C1CCCC1)C1CCCNC1. The largest absolute Gasteiger partial charge is 0.316 e. The van der Waals surface area contributed by atoms with Gasteiger partial charge in [0.1, 0.15) is 0 Å². The number of piperidine rings is 1. The number of nitrogens with zero attached hydrogens (tertiary/aromatic N) is 1. The van der Waals surface area contributed by atoms with Gasteiger partial charge in [0.15, 0.2) is 0 Å². The second kappa shape index (κ2) is 4.79. The lowest BCUT2D eigenvalue weighted by Crippen LogP contribution is -2.35. The number of rotatable bonds is 2. The van der Waals surface area contributed by atoms with Crippen molar-refractivity contribution in [1.29, 1.82) is 5.26 Å². The van der Waals surface area contributed by atoms with Crippen molar-refractivity contribution in [3.8, 4) is 6.07 Å². The molecule has 2 nitrogen and oxygen atoms in total. The Balaban J connectivity index is 1.93. The summed E-state index contributed by atoms with van der Waals surface area (Å²) in [5.41, 5.74) is 0. The van der Waals surface area contributed by atoms with Crippen LogP contribution in [0.3, 0.4) is 0 Å². The van der Waals surface area contributed by atoms with E-state index in [-0.39, 0.29) is 0 Å². The van der Waals surface area contributed by atoms with E-state index in [2.05, 4.69) is 11.4 Å². The lowest BCUT2D eigenvalue weighted by molar-refractivity contribution is 0.240. The van der Waals surface area contributed by atoms with Crippen LogP contribution in [0.5, 0.6) is 0 Å². The molecule has 1 heterocycles. The van der Waals surface area contributed by atoms with Gasteiger partial charge in [-0.05, 0) is 50.6 Å². The van der Waals surface area contributed by atoms with Crippen molar-refractivity contribution in [3.63, 3.8) is 0 Å². The summed E-state index contributed by atoms with van der Waals surface area (Å²) in [7, 11) is 0. The predicted molar refractivity (Wildman–Crippen MR) is 56.7 cm³/mol. The monoisotopic (exact) mass is 192 g/mol. The van der Waals surface area contributed by atoms with Crippen molar-refractivity contribution < 1.29 is 0 Å². The molecule has 1 saturated heterocycles. The first-order valence-electron chi connectivity index (χ1n) is 6.02. The fourth-order valence-corrected chi connectivity index (χ4v) is 3.10. The highest BCUT2D eigenvalue weighted by atomic mass is 14.9. The van der Waals surface area contributed by atoms with Gasteiger partial charge in [0, 0.05) is 0 Å². The van der Waals surface area contributed by atoms with Crippen molar-refractivity contribution >= 4 is 0 Å². The smallest absolute Gasteiger partial charge is 0.0662 e. The zero-order chi connectivity index (χ0) is 9.80. The highest BCUT2D eigenvalue weighted by molar-refractivity contribution is 4.95. The minimum absolute atomic E-state index is 0.338. The number of nitrogens with one attached hydrogen (secondary N) is 1. The lowest BCUT2D eigenvalue weighted by atomic mass is 9.78. The van der Waals surface area contributed by atoms with Crippen LogP contribution in [0.1, 0.15) is 38.5 Å². The van der Waals surface area contributed by atoms with E-state index in [0.717, 1.165) is 13.1 Å². The molecule has 0 aromatic carbocycles. The van der Waals surface area contributed by atoms with E-state index in [4.69, 9.17) is 0 Å². The van der Waals surface area contributed by atoms with Crippen molar-refractivity contribution in [3.05, 3.63) is 0 Å². The van der Waals surface area contributed by atoms with Crippen LogP contribution < -0.4 is 5.32 Å². The van der Waals surface area contributed by atoms with Gasteiger partial charge in [-0.1, -0.05) is 12.8 Å². The Morgan fingerprint density at radius 1 is 1.07 bits per heavy atom. The molecule has 2 atom stereocenters. The molecule has 0 bridgehead atoms. The number of hydrogen-bond donors (Lipinski definition) is 1. The Bertz CT molecular complexity index is 207. The molecule has 0 aromatic rings. The van der Waals surface area contributed by atoms with Crippen LogP contribution in [0, 0.1) is 29.1 Å². The minimum atomic E-state index is 0.338. The van der Waals surface area contributed by atoms with E-state index in [1.807, 2.05) is 0 Å². The normalized spacial score (nSPS) is 31.2. The van der Waals surface area contributed by atoms with Crippen LogP contribution in [0.15, 0.2) is 0 Å². The zero-order valence-corrected chi connectivity index (χ0v) is 8.84. The van der Waals surface area contributed by atoms with E-state index >= 15 is 0 Å².